The maximum atomic E-state index is 12.4. The summed E-state index contributed by atoms with van der Waals surface area (Å²) >= 11 is 0. The maximum Gasteiger partial charge on any atom is 0.305 e. The van der Waals surface area contributed by atoms with Crippen molar-refractivity contribution >= 4 is 11.8 Å². The molecule has 0 aliphatic heterocycles. The van der Waals surface area contributed by atoms with Gasteiger partial charge < -0.3 is 15.2 Å². The van der Waals surface area contributed by atoms with Gasteiger partial charge in [0.05, 0.1) is 19.6 Å². The first-order valence-electron chi connectivity index (χ1n) is 6.68. The summed E-state index contributed by atoms with van der Waals surface area (Å²) in [5, 5.41) is 12.0. The molecule has 1 aliphatic rings. The van der Waals surface area contributed by atoms with E-state index in [1.807, 2.05) is 6.92 Å². The number of Topliss-reactive ketones (excluding diaryl/α,β-unsaturated/α-hetero) is 1. The first-order chi connectivity index (χ1) is 9.51. The van der Waals surface area contributed by atoms with Crippen LogP contribution >= 0.6 is 0 Å². The highest BCUT2D eigenvalue weighted by Gasteiger charge is 2.30. The molecule has 2 N–H and O–H groups in total. The number of hydrogen-bond donors (Lipinski definition) is 2. The normalized spacial score (nSPS) is 15.7. The minimum absolute atomic E-state index is 0.176. The van der Waals surface area contributed by atoms with Crippen molar-refractivity contribution in [3.63, 3.8) is 0 Å². The van der Waals surface area contributed by atoms with Crippen LogP contribution in [-0.4, -0.2) is 36.1 Å². The standard InChI is InChI=1S/C15H19NO4/c1-9-7-10(3-6-13(9)20-2)15(19)12(8-14(17)18)16-11-4-5-11/h3,6-7,11-12,16H,4-5,8H2,1-2H3,(H,17,18). The first-order valence-corrected chi connectivity index (χ1v) is 6.68. The number of aryl methyl sites for hydroxylation is 1. The summed E-state index contributed by atoms with van der Waals surface area (Å²) in [6.45, 7) is 1.86. The van der Waals surface area contributed by atoms with Gasteiger partial charge in [-0.05, 0) is 43.5 Å². The van der Waals surface area contributed by atoms with Crippen LogP contribution in [0.5, 0.6) is 5.75 Å². The number of ketones is 1. The van der Waals surface area contributed by atoms with E-state index in [2.05, 4.69) is 5.32 Å². The lowest BCUT2D eigenvalue weighted by Gasteiger charge is -2.16. The van der Waals surface area contributed by atoms with Crippen molar-refractivity contribution in [1.29, 1.82) is 0 Å². The Labute approximate surface area is 117 Å². The molecule has 0 amide bonds. The summed E-state index contributed by atoms with van der Waals surface area (Å²) in [5.41, 5.74) is 1.38. The van der Waals surface area contributed by atoms with Crippen LogP contribution in [0.15, 0.2) is 18.2 Å². The van der Waals surface area contributed by atoms with Gasteiger partial charge in [0.15, 0.2) is 5.78 Å². The van der Waals surface area contributed by atoms with Gasteiger partial charge in [-0.3, -0.25) is 9.59 Å². The van der Waals surface area contributed by atoms with Gasteiger partial charge >= 0.3 is 5.97 Å². The highest BCUT2D eigenvalue weighted by molar-refractivity contribution is 6.02. The number of carboxylic acids is 1. The fraction of sp³-hybridized carbons (Fsp3) is 0.467. The Bertz CT molecular complexity index is 523. The van der Waals surface area contributed by atoms with E-state index in [0.29, 0.717) is 11.3 Å². The molecule has 0 aromatic heterocycles. The van der Waals surface area contributed by atoms with Gasteiger partial charge in [0.25, 0.3) is 0 Å². The molecule has 5 nitrogen and oxygen atoms in total. The van der Waals surface area contributed by atoms with Gasteiger partial charge in [0.2, 0.25) is 0 Å². The second-order valence-corrected chi connectivity index (χ2v) is 5.14. The van der Waals surface area contributed by atoms with Crippen molar-refractivity contribution in [3.8, 4) is 5.75 Å². The second kappa shape index (κ2) is 6.05. The van der Waals surface area contributed by atoms with Crippen LogP contribution in [0.25, 0.3) is 0 Å². The number of aliphatic carboxylic acids is 1. The lowest BCUT2D eigenvalue weighted by Crippen LogP contribution is -2.40. The molecule has 0 spiro atoms. The molecule has 2 rings (SSSR count). The van der Waals surface area contributed by atoms with Crippen LogP contribution < -0.4 is 10.1 Å². The van der Waals surface area contributed by atoms with Crippen LogP contribution in [0.1, 0.15) is 35.2 Å². The Hall–Kier alpha value is -1.88. The molecule has 1 aromatic rings. The summed E-state index contributed by atoms with van der Waals surface area (Å²) in [6.07, 6.45) is 1.82. The zero-order valence-corrected chi connectivity index (χ0v) is 11.7. The van der Waals surface area contributed by atoms with E-state index < -0.39 is 12.0 Å². The van der Waals surface area contributed by atoms with Crippen molar-refractivity contribution < 1.29 is 19.4 Å². The third-order valence-electron chi connectivity index (χ3n) is 3.39. The van der Waals surface area contributed by atoms with Crippen molar-refractivity contribution in [3.05, 3.63) is 29.3 Å². The molecule has 1 fully saturated rings. The third kappa shape index (κ3) is 3.57. The SMILES string of the molecule is COc1ccc(C(=O)C(CC(=O)O)NC2CC2)cc1C. The molecular formula is C15H19NO4. The van der Waals surface area contributed by atoms with Crippen molar-refractivity contribution in [2.75, 3.05) is 7.11 Å². The van der Waals surface area contributed by atoms with E-state index in [1.165, 1.54) is 0 Å². The number of nitrogens with one attached hydrogen (secondary N) is 1. The van der Waals surface area contributed by atoms with Gasteiger partial charge in [-0.25, -0.2) is 0 Å². The summed E-state index contributed by atoms with van der Waals surface area (Å²) < 4.78 is 5.16. The van der Waals surface area contributed by atoms with Crippen LogP contribution in [0, 0.1) is 6.92 Å². The molecule has 5 heteroatoms. The van der Waals surface area contributed by atoms with Crippen LogP contribution in [0.3, 0.4) is 0 Å². The highest BCUT2D eigenvalue weighted by atomic mass is 16.5. The average Bonchev–Trinajstić information content (AvgIpc) is 3.20. The molecule has 20 heavy (non-hydrogen) atoms. The topological polar surface area (TPSA) is 75.6 Å². The number of carbonyl (C=O) groups excluding carboxylic acids is 1. The van der Waals surface area contributed by atoms with Crippen molar-refractivity contribution in [2.24, 2.45) is 0 Å². The number of ether oxygens (including phenoxy) is 1. The Morgan fingerprint density at radius 3 is 2.65 bits per heavy atom. The quantitative estimate of drug-likeness (QED) is 0.743. The second-order valence-electron chi connectivity index (χ2n) is 5.14. The predicted molar refractivity (Wildman–Crippen MR) is 74.3 cm³/mol. The van der Waals surface area contributed by atoms with Crippen molar-refractivity contribution in [1.82, 2.24) is 5.32 Å². The number of carbonyl (C=O) groups is 2. The molecule has 1 aliphatic carbocycles. The largest absolute Gasteiger partial charge is 0.496 e. The number of rotatable bonds is 7. The molecule has 0 saturated heterocycles. The minimum atomic E-state index is -0.971. The fourth-order valence-corrected chi connectivity index (χ4v) is 2.17. The average molecular weight is 277 g/mol. The van der Waals surface area contributed by atoms with E-state index in [4.69, 9.17) is 9.84 Å². The monoisotopic (exact) mass is 277 g/mol. The zero-order chi connectivity index (χ0) is 14.7. The summed E-state index contributed by atoms with van der Waals surface area (Å²) in [6, 6.07) is 4.77. The van der Waals surface area contributed by atoms with Gasteiger partial charge in [-0.2, -0.15) is 0 Å². The van der Waals surface area contributed by atoms with Gasteiger partial charge in [0, 0.05) is 11.6 Å². The molecule has 1 aromatic carbocycles. The molecule has 1 unspecified atom stereocenters. The highest BCUT2D eigenvalue weighted by Crippen LogP contribution is 2.23. The van der Waals surface area contributed by atoms with E-state index in [-0.39, 0.29) is 18.2 Å². The van der Waals surface area contributed by atoms with Gasteiger partial charge in [-0.1, -0.05) is 0 Å². The Balaban J connectivity index is 2.16. The van der Waals surface area contributed by atoms with Crippen LogP contribution in [0.2, 0.25) is 0 Å². The van der Waals surface area contributed by atoms with Crippen LogP contribution in [-0.2, 0) is 4.79 Å². The first kappa shape index (κ1) is 14.5. The predicted octanol–water partition coefficient (Wildman–Crippen LogP) is 1.78. The number of benzene rings is 1. The summed E-state index contributed by atoms with van der Waals surface area (Å²) in [7, 11) is 1.58. The number of carboxylic acid groups (broad SMARTS) is 1. The number of methoxy groups -OCH3 is 1. The van der Waals surface area contributed by atoms with Crippen LogP contribution in [0.4, 0.5) is 0 Å². The third-order valence-corrected chi connectivity index (χ3v) is 3.39. The maximum absolute atomic E-state index is 12.4. The molecule has 0 radical (unpaired) electrons. The van der Waals surface area contributed by atoms with Gasteiger partial charge in [0.1, 0.15) is 5.75 Å². The lowest BCUT2D eigenvalue weighted by molar-refractivity contribution is -0.137. The van der Waals surface area contributed by atoms with E-state index >= 15 is 0 Å². The molecule has 0 bridgehead atoms. The molecular weight excluding hydrogens is 258 g/mol. The smallest absolute Gasteiger partial charge is 0.305 e. The molecule has 1 atom stereocenters. The van der Waals surface area contributed by atoms with Crippen molar-refractivity contribution in [2.45, 2.75) is 38.3 Å². The molecule has 1 saturated carbocycles. The number of hydrogen-bond acceptors (Lipinski definition) is 4. The summed E-state index contributed by atoms with van der Waals surface area (Å²) in [4.78, 5) is 23.3. The lowest BCUT2D eigenvalue weighted by atomic mass is 9.99. The van der Waals surface area contributed by atoms with E-state index in [9.17, 15) is 9.59 Å². The summed E-state index contributed by atoms with van der Waals surface area (Å²) in [5.74, 6) is -0.432. The minimum Gasteiger partial charge on any atom is -0.496 e. The molecule has 0 heterocycles. The Morgan fingerprint density at radius 2 is 2.15 bits per heavy atom. The van der Waals surface area contributed by atoms with Gasteiger partial charge in [-0.15, -0.1) is 0 Å². The Kier molecular flexibility index (Phi) is 4.39. The Morgan fingerprint density at radius 1 is 1.45 bits per heavy atom. The molecule has 108 valence electrons. The fourth-order valence-electron chi connectivity index (χ4n) is 2.17. The van der Waals surface area contributed by atoms with E-state index in [1.54, 1.807) is 25.3 Å². The van der Waals surface area contributed by atoms with E-state index in [0.717, 1.165) is 18.4 Å². The zero-order valence-electron chi connectivity index (χ0n) is 11.7.